The first-order valence-corrected chi connectivity index (χ1v) is 7.04. The molecule has 1 aliphatic heterocycles. The zero-order valence-electron chi connectivity index (χ0n) is 12.4. The summed E-state index contributed by atoms with van der Waals surface area (Å²) in [7, 11) is 0. The average molecular weight is 277 g/mol. The van der Waals surface area contributed by atoms with E-state index < -0.39 is 5.60 Å². The van der Waals surface area contributed by atoms with E-state index in [1.54, 1.807) is 11.1 Å². The lowest BCUT2D eigenvalue weighted by atomic mass is 10.0. The normalized spacial score (nSPS) is 20.8. The van der Waals surface area contributed by atoms with Crippen LogP contribution in [-0.2, 0) is 4.74 Å². The molecule has 0 bridgehead atoms. The Bertz CT molecular complexity index is 456. The molecule has 2 atom stereocenters. The number of hydrogen-bond acceptors (Lipinski definition) is 4. The molecular formula is C15H23N3O2. The van der Waals surface area contributed by atoms with Crippen molar-refractivity contribution in [2.45, 2.75) is 51.3 Å². The van der Waals surface area contributed by atoms with Crippen LogP contribution in [0.5, 0.6) is 0 Å². The van der Waals surface area contributed by atoms with Crippen LogP contribution in [0, 0.1) is 0 Å². The minimum atomic E-state index is -0.487. The maximum atomic E-state index is 12.2. The van der Waals surface area contributed by atoms with E-state index in [0.29, 0.717) is 6.54 Å². The van der Waals surface area contributed by atoms with Crippen LogP contribution in [0.1, 0.15) is 45.3 Å². The molecule has 2 N–H and O–H groups in total. The first-order valence-electron chi connectivity index (χ1n) is 7.04. The molecule has 5 nitrogen and oxygen atoms in total. The molecule has 1 aromatic rings. The van der Waals surface area contributed by atoms with Gasteiger partial charge in [-0.1, -0.05) is 6.07 Å². The van der Waals surface area contributed by atoms with Crippen LogP contribution in [-0.4, -0.2) is 34.2 Å². The van der Waals surface area contributed by atoms with Crippen LogP contribution >= 0.6 is 0 Å². The molecule has 0 aromatic carbocycles. The van der Waals surface area contributed by atoms with Gasteiger partial charge in [-0.05, 0) is 45.7 Å². The number of nitrogens with zero attached hydrogens (tertiary/aromatic N) is 2. The Balaban J connectivity index is 2.09. The summed E-state index contributed by atoms with van der Waals surface area (Å²) in [6.07, 6.45) is 3.27. The van der Waals surface area contributed by atoms with Crippen molar-refractivity contribution in [3.8, 4) is 0 Å². The number of nitrogens with two attached hydrogens (primary N) is 1. The summed E-state index contributed by atoms with van der Waals surface area (Å²) in [4.78, 5) is 18.3. The smallest absolute Gasteiger partial charge is 0.410 e. The topological polar surface area (TPSA) is 68.5 Å². The lowest BCUT2D eigenvalue weighted by molar-refractivity contribution is 0.0205. The van der Waals surface area contributed by atoms with Gasteiger partial charge in [0.25, 0.3) is 0 Å². The largest absolute Gasteiger partial charge is 0.444 e. The quantitative estimate of drug-likeness (QED) is 0.901. The lowest BCUT2D eigenvalue weighted by Crippen LogP contribution is -2.44. The van der Waals surface area contributed by atoms with Gasteiger partial charge >= 0.3 is 6.09 Å². The molecule has 1 amide bonds. The number of ether oxygens (including phenoxy) is 1. The third-order valence-electron chi connectivity index (χ3n) is 3.37. The summed E-state index contributed by atoms with van der Waals surface area (Å²) in [5.74, 6) is 0. The van der Waals surface area contributed by atoms with Crippen LogP contribution in [0.2, 0.25) is 0 Å². The fraction of sp³-hybridized carbons (Fsp3) is 0.600. The first kappa shape index (κ1) is 14.8. The molecule has 0 saturated carbocycles. The fourth-order valence-electron chi connectivity index (χ4n) is 2.48. The Morgan fingerprint density at radius 1 is 1.50 bits per heavy atom. The van der Waals surface area contributed by atoms with Crippen LogP contribution in [0.3, 0.4) is 0 Å². The van der Waals surface area contributed by atoms with E-state index in [4.69, 9.17) is 10.5 Å². The van der Waals surface area contributed by atoms with E-state index in [1.807, 2.05) is 39.0 Å². The first-order chi connectivity index (χ1) is 9.38. The number of pyridine rings is 1. The second-order valence-corrected chi connectivity index (χ2v) is 6.16. The Kier molecular flexibility index (Phi) is 4.28. The van der Waals surface area contributed by atoms with Crippen molar-refractivity contribution in [1.29, 1.82) is 0 Å². The van der Waals surface area contributed by atoms with E-state index >= 15 is 0 Å². The standard InChI is InChI=1S/C15H23N3O2/c1-15(2,3)20-14(19)18-10-6-8-12(18)13(16)11-7-4-5-9-17-11/h4-5,7,9,12-13H,6,8,10,16H2,1-3H3. The minimum absolute atomic E-state index is 0.0419. The molecular weight excluding hydrogens is 254 g/mol. The van der Waals surface area contributed by atoms with E-state index in [-0.39, 0.29) is 18.2 Å². The Hall–Kier alpha value is -1.62. The molecule has 5 heteroatoms. The lowest BCUT2D eigenvalue weighted by Gasteiger charge is -2.31. The third-order valence-corrected chi connectivity index (χ3v) is 3.37. The van der Waals surface area contributed by atoms with E-state index in [0.717, 1.165) is 18.5 Å². The van der Waals surface area contributed by atoms with Gasteiger partial charge in [-0.15, -0.1) is 0 Å². The highest BCUT2D eigenvalue weighted by molar-refractivity contribution is 5.69. The predicted molar refractivity (Wildman–Crippen MR) is 77.1 cm³/mol. The molecule has 0 radical (unpaired) electrons. The maximum Gasteiger partial charge on any atom is 0.410 e. The number of likely N-dealkylation sites (tertiary alicyclic amines) is 1. The van der Waals surface area contributed by atoms with E-state index in [1.165, 1.54) is 0 Å². The second-order valence-electron chi connectivity index (χ2n) is 6.16. The van der Waals surface area contributed by atoms with Crippen molar-refractivity contribution in [3.63, 3.8) is 0 Å². The van der Waals surface area contributed by atoms with Gasteiger partial charge in [0, 0.05) is 12.7 Å². The third kappa shape index (κ3) is 3.48. The highest BCUT2D eigenvalue weighted by Crippen LogP contribution is 2.28. The van der Waals surface area contributed by atoms with Crippen molar-refractivity contribution in [1.82, 2.24) is 9.88 Å². The van der Waals surface area contributed by atoms with Gasteiger partial charge in [0.1, 0.15) is 5.60 Å². The predicted octanol–water partition coefficient (Wildman–Crippen LogP) is 2.48. The average Bonchev–Trinajstić information content (AvgIpc) is 2.86. The molecule has 2 unspecified atom stereocenters. The van der Waals surface area contributed by atoms with Gasteiger partial charge in [0.2, 0.25) is 0 Å². The van der Waals surface area contributed by atoms with Crippen molar-refractivity contribution in [2.75, 3.05) is 6.54 Å². The number of carbonyl (C=O) groups is 1. The number of aromatic nitrogens is 1. The number of amides is 1. The molecule has 110 valence electrons. The van der Waals surface area contributed by atoms with Crippen molar-refractivity contribution < 1.29 is 9.53 Å². The Morgan fingerprint density at radius 2 is 2.25 bits per heavy atom. The van der Waals surface area contributed by atoms with Crippen LogP contribution in [0.4, 0.5) is 4.79 Å². The highest BCUT2D eigenvalue weighted by atomic mass is 16.6. The van der Waals surface area contributed by atoms with Crippen molar-refractivity contribution in [2.24, 2.45) is 5.73 Å². The summed E-state index contributed by atoms with van der Waals surface area (Å²) in [6, 6.07) is 5.35. The van der Waals surface area contributed by atoms with Gasteiger partial charge < -0.3 is 15.4 Å². The summed E-state index contributed by atoms with van der Waals surface area (Å²) < 4.78 is 5.45. The molecule has 0 aliphatic carbocycles. The van der Waals surface area contributed by atoms with Crippen LogP contribution in [0.25, 0.3) is 0 Å². The Morgan fingerprint density at radius 3 is 2.85 bits per heavy atom. The van der Waals surface area contributed by atoms with Gasteiger partial charge in [-0.2, -0.15) is 0 Å². The molecule has 0 spiro atoms. The van der Waals surface area contributed by atoms with Gasteiger partial charge in [-0.25, -0.2) is 4.79 Å². The summed E-state index contributed by atoms with van der Waals surface area (Å²) in [5.41, 5.74) is 6.61. The molecule has 1 aliphatic rings. The molecule has 2 heterocycles. The summed E-state index contributed by atoms with van der Waals surface area (Å²) in [5, 5.41) is 0. The number of hydrogen-bond donors (Lipinski definition) is 1. The van der Waals surface area contributed by atoms with Crippen LogP contribution < -0.4 is 5.73 Å². The van der Waals surface area contributed by atoms with Crippen molar-refractivity contribution >= 4 is 6.09 Å². The fourth-order valence-corrected chi connectivity index (χ4v) is 2.48. The molecule has 20 heavy (non-hydrogen) atoms. The number of rotatable bonds is 2. The van der Waals surface area contributed by atoms with Crippen molar-refractivity contribution in [3.05, 3.63) is 30.1 Å². The monoisotopic (exact) mass is 277 g/mol. The molecule has 1 saturated heterocycles. The van der Waals surface area contributed by atoms with Crippen LogP contribution in [0.15, 0.2) is 24.4 Å². The van der Waals surface area contributed by atoms with Gasteiger partial charge in [-0.3, -0.25) is 4.98 Å². The zero-order chi connectivity index (χ0) is 14.8. The molecule has 1 aromatic heterocycles. The van der Waals surface area contributed by atoms with Gasteiger partial charge in [0.15, 0.2) is 0 Å². The Labute approximate surface area is 120 Å². The van der Waals surface area contributed by atoms with E-state index in [2.05, 4.69) is 4.98 Å². The van der Waals surface area contributed by atoms with E-state index in [9.17, 15) is 4.79 Å². The summed E-state index contributed by atoms with van der Waals surface area (Å²) >= 11 is 0. The minimum Gasteiger partial charge on any atom is -0.444 e. The molecule has 1 fully saturated rings. The summed E-state index contributed by atoms with van der Waals surface area (Å²) in [6.45, 7) is 6.30. The molecule has 2 rings (SSSR count). The maximum absolute atomic E-state index is 12.2. The SMILES string of the molecule is CC(C)(C)OC(=O)N1CCCC1C(N)c1ccccn1. The second kappa shape index (κ2) is 5.79. The zero-order valence-corrected chi connectivity index (χ0v) is 12.4. The highest BCUT2D eigenvalue weighted by Gasteiger charge is 2.36. The van der Waals surface area contributed by atoms with Gasteiger partial charge in [0.05, 0.1) is 17.8 Å². The number of carbonyl (C=O) groups excluding carboxylic acids is 1.